The van der Waals surface area contributed by atoms with Crippen molar-refractivity contribution in [3.63, 3.8) is 0 Å². The molecule has 2 N–H and O–H groups in total. The molecule has 5 unspecified atom stereocenters. The van der Waals surface area contributed by atoms with Crippen molar-refractivity contribution in [2.75, 3.05) is 0 Å². The van der Waals surface area contributed by atoms with E-state index in [0.717, 1.165) is 25.7 Å². The van der Waals surface area contributed by atoms with Gasteiger partial charge in [-0.3, -0.25) is 4.55 Å². The number of rotatable bonds is 5. The summed E-state index contributed by atoms with van der Waals surface area (Å²) in [6.45, 7) is 1.97. The van der Waals surface area contributed by atoms with Gasteiger partial charge in [0.05, 0.1) is 17.8 Å². The summed E-state index contributed by atoms with van der Waals surface area (Å²) in [5, 5.41) is 5.08. The fourth-order valence-corrected chi connectivity index (χ4v) is 8.34. The molecule has 6 fully saturated rings. The van der Waals surface area contributed by atoms with E-state index in [-0.39, 0.29) is 18.3 Å². The standard InChI is InChI=1S/C20H28F4O5S/c1-18(12-3-9-2-10(5-12)6-13(18)4-9)29-17-14-7-11(16(17)25)8-15(14)19(21,22)20(23,24)30(26,27)28/h9-17,25H,2-8H2,1H3,(H,26,27,28). The molecule has 6 aliphatic rings. The molecule has 10 heteroatoms. The third-order valence-corrected chi connectivity index (χ3v) is 10.1. The van der Waals surface area contributed by atoms with Crippen LogP contribution in [0, 0.1) is 41.4 Å². The number of hydrogen-bond acceptors (Lipinski definition) is 4. The van der Waals surface area contributed by atoms with Gasteiger partial charge in [-0.05, 0) is 87.4 Å². The molecule has 30 heavy (non-hydrogen) atoms. The monoisotopic (exact) mass is 456 g/mol. The number of aliphatic hydroxyl groups excluding tert-OH is 1. The van der Waals surface area contributed by atoms with Crippen LogP contribution in [0.5, 0.6) is 0 Å². The second-order valence-electron chi connectivity index (χ2n) is 10.7. The summed E-state index contributed by atoms with van der Waals surface area (Å²) in [6, 6.07) is 0. The first-order valence-corrected chi connectivity index (χ1v) is 12.3. The molecule has 6 rings (SSSR count). The van der Waals surface area contributed by atoms with Crippen LogP contribution in [0.15, 0.2) is 0 Å². The lowest BCUT2D eigenvalue weighted by atomic mass is 9.50. The molecule has 0 radical (unpaired) electrons. The van der Waals surface area contributed by atoms with Crippen molar-refractivity contribution in [3.8, 4) is 0 Å². The van der Waals surface area contributed by atoms with E-state index >= 15 is 0 Å². The maximum absolute atomic E-state index is 14.7. The number of fused-ring (bicyclic) bond motifs is 2. The minimum Gasteiger partial charge on any atom is -0.390 e. The molecule has 6 bridgehead atoms. The Kier molecular flexibility index (Phi) is 4.51. The predicted octanol–water partition coefficient (Wildman–Crippen LogP) is 3.72. The number of ether oxygens (including phenoxy) is 1. The summed E-state index contributed by atoms with van der Waals surface area (Å²) in [5.41, 5.74) is -0.588. The van der Waals surface area contributed by atoms with E-state index in [1.807, 2.05) is 6.92 Å². The molecule has 6 aliphatic carbocycles. The first-order valence-electron chi connectivity index (χ1n) is 10.8. The van der Waals surface area contributed by atoms with Gasteiger partial charge >= 0.3 is 21.3 Å². The van der Waals surface area contributed by atoms with Crippen LogP contribution in [0.3, 0.4) is 0 Å². The molecule has 0 aromatic rings. The second-order valence-corrected chi connectivity index (χ2v) is 12.1. The van der Waals surface area contributed by atoms with Gasteiger partial charge in [0.2, 0.25) is 0 Å². The molecule has 5 nitrogen and oxygen atoms in total. The first kappa shape index (κ1) is 21.4. The number of halogens is 4. The normalized spacial score (nSPS) is 50.4. The van der Waals surface area contributed by atoms with Crippen LogP contribution in [0.2, 0.25) is 0 Å². The predicted molar refractivity (Wildman–Crippen MR) is 97.5 cm³/mol. The summed E-state index contributed by atoms with van der Waals surface area (Å²) in [4.78, 5) is 0. The van der Waals surface area contributed by atoms with E-state index in [1.54, 1.807) is 0 Å². The summed E-state index contributed by atoms with van der Waals surface area (Å²) in [6.07, 6.45) is 2.83. The van der Waals surface area contributed by atoms with Crippen LogP contribution >= 0.6 is 0 Å². The molecule has 5 atom stereocenters. The quantitative estimate of drug-likeness (QED) is 0.487. The minimum atomic E-state index is -6.28. The van der Waals surface area contributed by atoms with Gasteiger partial charge < -0.3 is 9.84 Å². The van der Waals surface area contributed by atoms with Crippen molar-refractivity contribution in [3.05, 3.63) is 0 Å². The molecule has 6 saturated carbocycles. The van der Waals surface area contributed by atoms with Gasteiger partial charge in [0, 0.05) is 5.92 Å². The van der Waals surface area contributed by atoms with Gasteiger partial charge in [-0.25, -0.2) is 0 Å². The SMILES string of the molecule is CC1(OC2C(O)C3CC2C(C(F)(F)C(F)(F)S(=O)(=O)O)C3)C2CC3CC(C2)CC1C3. The van der Waals surface area contributed by atoms with Crippen molar-refractivity contribution in [1.82, 2.24) is 0 Å². The van der Waals surface area contributed by atoms with Crippen LogP contribution in [-0.2, 0) is 14.9 Å². The van der Waals surface area contributed by atoms with Crippen molar-refractivity contribution in [1.29, 1.82) is 0 Å². The van der Waals surface area contributed by atoms with Crippen molar-refractivity contribution >= 4 is 10.1 Å². The van der Waals surface area contributed by atoms with Crippen LogP contribution in [-0.4, -0.2) is 47.1 Å². The highest BCUT2D eigenvalue weighted by molar-refractivity contribution is 7.87. The van der Waals surface area contributed by atoms with E-state index in [2.05, 4.69) is 0 Å². The zero-order chi connectivity index (χ0) is 21.9. The van der Waals surface area contributed by atoms with Gasteiger partial charge in [-0.2, -0.15) is 26.0 Å². The summed E-state index contributed by atoms with van der Waals surface area (Å²) < 4.78 is 94.5. The molecule has 0 amide bonds. The average Bonchev–Trinajstić information content (AvgIpc) is 3.18. The van der Waals surface area contributed by atoms with Gasteiger partial charge in [-0.1, -0.05) is 0 Å². The molecule has 0 saturated heterocycles. The maximum atomic E-state index is 14.7. The smallest absolute Gasteiger partial charge is 0.390 e. The Labute approximate surface area is 173 Å². The Morgan fingerprint density at radius 3 is 1.93 bits per heavy atom. The molecular weight excluding hydrogens is 428 g/mol. The Morgan fingerprint density at radius 1 is 0.933 bits per heavy atom. The van der Waals surface area contributed by atoms with Gasteiger partial charge in [0.1, 0.15) is 0 Å². The second kappa shape index (κ2) is 6.32. The third-order valence-electron chi connectivity index (χ3n) is 9.22. The summed E-state index contributed by atoms with van der Waals surface area (Å²) >= 11 is 0. The molecule has 0 aromatic carbocycles. The van der Waals surface area contributed by atoms with Crippen LogP contribution in [0.25, 0.3) is 0 Å². The Hall–Kier alpha value is -0.450. The van der Waals surface area contributed by atoms with Gasteiger partial charge in [0.25, 0.3) is 0 Å². The number of hydrogen-bond donors (Lipinski definition) is 2. The van der Waals surface area contributed by atoms with E-state index in [1.165, 1.54) is 6.42 Å². The van der Waals surface area contributed by atoms with Crippen molar-refractivity contribution in [2.45, 2.75) is 80.9 Å². The number of alkyl halides is 4. The molecule has 172 valence electrons. The largest absolute Gasteiger partial charge is 0.431 e. The Balaban J connectivity index is 1.41. The molecule has 0 aromatic heterocycles. The lowest BCUT2D eigenvalue weighted by Crippen LogP contribution is -2.61. The van der Waals surface area contributed by atoms with E-state index in [9.17, 15) is 31.1 Å². The Morgan fingerprint density at radius 2 is 1.47 bits per heavy atom. The fraction of sp³-hybridized carbons (Fsp3) is 1.00. The van der Waals surface area contributed by atoms with E-state index in [4.69, 9.17) is 9.29 Å². The van der Waals surface area contributed by atoms with Crippen molar-refractivity contribution in [2.24, 2.45) is 41.4 Å². The topological polar surface area (TPSA) is 83.8 Å². The van der Waals surface area contributed by atoms with Crippen LogP contribution in [0.4, 0.5) is 17.6 Å². The van der Waals surface area contributed by atoms with E-state index in [0.29, 0.717) is 11.8 Å². The average molecular weight is 456 g/mol. The summed E-state index contributed by atoms with van der Waals surface area (Å²) in [7, 11) is -6.28. The minimum absolute atomic E-state index is 0.0876. The first-order chi connectivity index (χ1) is 13.8. The highest BCUT2D eigenvalue weighted by Gasteiger charge is 2.74. The third kappa shape index (κ3) is 2.72. The zero-order valence-corrected chi connectivity index (χ0v) is 17.5. The van der Waals surface area contributed by atoms with Crippen LogP contribution in [0.1, 0.15) is 51.9 Å². The maximum Gasteiger partial charge on any atom is 0.431 e. The lowest BCUT2D eigenvalue weighted by Gasteiger charge is -2.61. The van der Waals surface area contributed by atoms with Crippen LogP contribution < -0.4 is 0 Å². The summed E-state index contributed by atoms with van der Waals surface area (Å²) in [5.74, 6) is -6.83. The molecule has 0 heterocycles. The highest BCUT2D eigenvalue weighted by Crippen LogP contribution is 2.63. The molecule has 0 aliphatic heterocycles. The highest BCUT2D eigenvalue weighted by atomic mass is 32.2. The van der Waals surface area contributed by atoms with Gasteiger partial charge in [0.15, 0.2) is 0 Å². The zero-order valence-electron chi connectivity index (χ0n) is 16.7. The lowest BCUT2D eigenvalue weighted by molar-refractivity contribution is -0.262. The molecular formula is C20H28F4O5S. The van der Waals surface area contributed by atoms with E-state index < -0.39 is 63.3 Å². The number of aliphatic hydroxyl groups is 1. The Bertz CT molecular complexity index is 803. The van der Waals surface area contributed by atoms with Gasteiger partial charge in [-0.15, -0.1) is 0 Å². The fourth-order valence-electron chi connectivity index (χ4n) is 7.84. The van der Waals surface area contributed by atoms with Crippen molar-refractivity contribution < 1.29 is 40.4 Å². The molecule has 0 spiro atoms.